The van der Waals surface area contributed by atoms with Crippen molar-refractivity contribution in [2.75, 3.05) is 34.0 Å². The van der Waals surface area contributed by atoms with Gasteiger partial charge < -0.3 is 29.4 Å². The fourth-order valence-corrected chi connectivity index (χ4v) is 6.38. The van der Waals surface area contributed by atoms with E-state index in [4.69, 9.17) is 52.2 Å². The Morgan fingerprint density at radius 1 is 0.979 bits per heavy atom. The molecule has 5 rings (SSSR count). The molecule has 0 radical (unpaired) electrons. The fourth-order valence-electron chi connectivity index (χ4n) is 5.45. The van der Waals surface area contributed by atoms with Gasteiger partial charge in [-0.25, -0.2) is 4.99 Å². The molecule has 0 unspecified atom stereocenters. The van der Waals surface area contributed by atoms with Crippen molar-refractivity contribution in [2.24, 2.45) is 4.99 Å². The van der Waals surface area contributed by atoms with Crippen LogP contribution in [0, 0.1) is 0 Å². The minimum absolute atomic E-state index is 0.0478. The van der Waals surface area contributed by atoms with Crippen molar-refractivity contribution in [2.45, 2.75) is 30.9 Å². The number of carbonyl (C=O) groups excluding carboxylic acids is 1. The number of ether oxygens (including phenoxy) is 4. The molecule has 0 bridgehead atoms. The molecule has 0 aliphatic carbocycles. The summed E-state index contributed by atoms with van der Waals surface area (Å²) in [5.41, 5.74) is 1.55. The molecular weight excluding hydrogens is 707 g/mol. The summed E-state index contributed by atoms with van der Waals surface area (Å²) in [7, 11) is 3.21. The van der Waals surface area contributed by atoms with E-state index in [9.17, 15) is 4.79 Å². The lowest BCUT2D eigenvalue weighted by Gasteiger charge is -2.31. The zero-order valence-corrected chi connectivity index (χ0v) is 29.1. The van der Waals surface area contributed by atoms with Crippen LogP contribution in [0.25, 0.3) is 0 Å². The quantitative estimate of drug-likeness (QED) is 0.131. The first-order valence-corrected chi connectivity index (χ1v) is 16.6. The van der Waals surface area contributed by atoms with E-state index in [1.54, 1.807) is 44.6 Å². The number of hydrogen-bond acceptors (Lipinski definition) is 7. The molecule has 8 nitrogen and oxygen atoms in total. The van der Waals surface area contributed by atoms with Gasteiger partial charge in [0.25, 0.3) is 5.91 Å². The molecule has 0 saturated carbocycles. The van der Waals surface area contributed by atoms with Gasteiger partial charge in [-0.3, -0.25) is 4.79 Å². The second-order valence-corrected chi connectivity index (χ2v) is 12.6. The molecule has 2 atom stereocenters. The van der Waals surface area contributed by atoms with Gasteiger partial charge in [-0.05, 0) is 78.2 Å². The number of hydrogen-bond donors (Lipinski definition) is 2. The molecule has 4 aromatic rings. The van der Waals surface area contributed by atoms with Gasteiger partial charge in [-0.15, -0.1) is 0 Å². The van der Waals surface area contributed by atoms with E-state index in [1.807, 2.05) is 54.6 Å². The van der Waals surface area contributed by atoms with Crippen LogP contribution in [-0.4, -0.2) is 56.4 Å². The molecule has 1 aliphatic rings. The van der Waals surface area contributed by atoms with Crippen molar-refractivity contribution in [1.29, 1.82) is 0 Å². The van der Waals surface area contributed by atoms with E-state index in [-0.39, 0.29) is 18.9 Å². The summed E-state index contributed by atoms with van der Waals surface area (Å²) in [5.74, 6) is 1.99. The lowest BCUT2D eigenvalue weighted by atomic mass is 9.82. The topological polar surface area (TPSA) is 98.6 Å². The van der Waals surface area contributed by atoms with Gasteiger partial charge in [0, 0.05) is 51.6 Å². The van der Waals surface area contributed by atoms with Crippen LogP contribution >= 0.6 is 39.1 Å². The van der Waals surface area contributed by atoms with E-state index < -0.39 is 11.6 Å². The Hall–Kier alpha value is -3.76. The Labute approximate surface area is 292 Å². The molecule has 1 amide bonds. The van der Waals surface area contributed by atoms with Crippen LogP contribution in [0.1, 0.15) is 34.8 Å². The predicted octanol–water partition coefficient (Wildman–Crippen LogP) is 7.39. The van der Waals surface area contributed by atoms with Crippen molar-refractivity contribution in [1.82, 2.24) is 5.32 Å². The van der Waals surface area contributed by atoms with Crippen molar-refractivity contribution in [3.05, 3.63) is 122 Å². The first kappa shape index (κ1) is 34.6. The number of benzene rings is 4. The van der Waals surface area contributed by atoms with Gasteiger partial charge in [-0.1, -0.05) is 63.4 Å². The number of methoxy groups -OCH3 is 2. The number of amides is 1. The van der Waals surface area contributed by atoms with Crippen LogP contribution in [0.5, 0.6) is 17.2 Å². The third kappa shape index (κ3) is 8.04. The number of carbonyl (C=O) groups is 1. The van der Waals surface area contributed by atoms with Crippen molar-refractivity contribution in [3.8, 4) is 17.2 Å². The van der Waals surface area contributed by atoms with E-state index in [2.05, 4.69) is 21.2 Å². The summed E-state index contributed by atoms with van der Waals surface area (Å²) in [6.45, 7) is 0.735. The highest BCUT2D eigenvalue weighted by Gasteiger charge is 2.54. The van der Waals surface area contributed by atoms with E-state index in [0.29, 0.717) is 70.3 Å². The molecule has 0 fully saturated rings. The average Bonchev–Trinajstić information content (AvgIpc) is 3.46. The third-order valence-electron chi connectivity index (χ3n) is 7.86. The van der Waals surface area contributed by atoms with Crippen LogP contribution in [0.4, 0.5) is 0 Å². The highest BCUT2D eigenvalue weighted by Crippen LogP contribution is 2.45. The number of aliphatic imine (C=N–C) groups is 1. The Bertz CT molecular complexity index is 1740. The molecular formula is C36H35BrCl2N2O6. The minimum atomic E-state index is -1.45. The molecule has 1 heterocycles. The number of rotatable bonds is 14. The smallest absolute Gasteiger partial charge is 0.252 e. The van der Waals surface area contributed by atoms with Crippen molar-refractivity contribution in [3.63, 3.8) is 0 Å². The maximum atomic E-state index is 14.6. The summed E-state index contributed by atoms with van der Waals surface area (Å²) >= 11 is 16.7. The summed E-state index contributed by atoms with van der Waals surface area (Å²) in [6.07, 6.45) is 0.330. The molecule has 0 saturated heterocycles. The Morgan fingerprint density at radius 3 is 2.45 bits per heavy atom. The first-order chi connectivity index (χ1) is 22.8. The third-order valence-corrected chi connectivity index (χ3v) is 9.20. The predicted molar refractivity (Wildman–Crippen MR) is 187 cm³/mol. The molecule has 0 spiro atoms. The maximum absolute atomic E-state index is 14.6. The van der Waals surface area contributed by atoms with E-state index in [1.165, 1.54) is 0 Å². The Morgan fingerprint density at radius 2 is 1.74 bits per heavy atom. The Kier molecular flexibility index (Phi) is 11.7. The molecule has 47 heavy (non-hydrogen) atoms. The van der Waals surface area contributed by atoms with Crippen LogP contribution in [0.15, 0.2) is 94.4 Å². The molecule has 4 aromatic carbocycles. The number of aliphatic hydroxyl groups is 1. The molecule has 0 aromatic heterocycles. The standard InChI is InChI=1S/C36H35BrCl2N2O6/c1-44-28-13-15-32(45-2)24(20-28)16-17-40-35(43)36(22-25-6-3-4-7-30(25)37)33(29-14-10-26(38)21-31(29)39)47-34(41-36)23-8-11-27(12-9-23)46-19-5-18-42/h3-4,6-15,20-21,33,42H,5,16-19,22H2,1-2H3,(H,40,43)/t33-,36-/m1/s1. The Balaban J connectivity index is 1.54. The number of halogens is 3. The van der Waals surface area contributed by atoms with Gasteiger partial charge in [0.2, 0.25) is 5.90 Å². The van der Waals surface area contributed by atoms with Gasteiger partial charge >= 0.3 is 0 Å². The van der Waals surface area contributed by atoms with Crippen molar-refractivity contribution >= 4 is 50.9 Å². The highest BCUT2D eigenvalue weighted by atomic mass is 79.9. The van der Waals surface area contributed by atoms with Gasteiger partial charge in [0.1, 0.15) is 17.2 Å². The summed E-state index contributed by atoms with van der Waals surface area (Å²) < 4.78 is 24.1. The first-order valence-electron chi connectivity index (χ1n) is 15.1. The van der Waals surface area contributed by atoms with Crippen molar-refractivity contribution < 1.29 is 28.8 Å². The summed E-state index contributed by atoms with van der Waals surface area (Å²) in [5, 5.41) is 13.0. The lowest BCUT2D eigenvalue weighted by molar-refractivity contribution is -0.128. The second kappa shape index (κ2) is 15.9. The van der Waals surface area contributed by atoms with Crippen LogP contribution < -0.4 is 19.5 Å². The van der Waals surface area contributed by atoms with Crippen LogP contribution in [0.2, 0.25) is 10.0 Å². The zero-order chi connectivity index (χ0) is 33.4. The fraction of sp³-hybridized carbons (Fsp3) is 0.278. The molecule has 246 valence electrons. The van der Waals surface area contributed by atoms with Gasteiger partial charge in [-0.2, -0.15) is 0 Å². The lowest BCUT2D eigenvalue weighted by Crippen LogP contribution is -2.50. The summed E-state index contributed by atoms with van der Waals surface area (Å²) in [6, 6.07) is 25.7. The van der Waals surface area contributed by atoms with E-state index >= 15 is 0 Å². The molecule has 1 aliphatic heterocycles. The zero-order valence-electron chi connectivity index (χ0n) is 26.0. The second-order valence-electron chi connectivity index (χ2n) is 10.9. The van der Waals surface area contributed by atoms with E-state index in [0.717, 1.165) is 15.6 Å². The monoisotopic (exact) mass is 740 g/mol. The minimum Gasteiger partial charge on any atom is -0.497 e. The van der Waals surface area contributed by atoms with Crippen LogP contribution in [0.3, 0.4) is 0 Å². The highest BCUT2D eigenvalue weighted by molar-refractivity contribution is 9.10. The number of aliphatic hydroxyl groups excluding tert-OH is 1. The largest absolute Gasteiger partial charge is 0.497 e. The molecule has 2 N–H and O–H groups in total. The SMILES string of the molecule is COc1ccc(OC)c(CCNC(=O)[C@]2(Cc3ccccc3Br)N=C(c3ccc(OCCCO)cc3)O[C@@H]2c2ccc(Cl)cc2Cl)c1. The number of nitrogens with one attached hydrogen (secondary N) is 1. The maximum Gasteiger partial charge on any atom is 0.252 e. The normalized spacial score (nSPS) is 17.1. The van der Waals surface area contributed by atoms with Gasteiger partial charge in [0.05, 0.1) is 20.8 Å². The molecule has 11 heteroatoms. The summed E-state index contributed by atoms with van der Waals surface area (Å²) in [4.78, 5) is 19.7. The number of nitrogens with zero attached hydrogens (tertiary/aromatic N) is 1. The average molecular weight is 742 g/mol. The van der Waals surface area contributed by atoms with Crippen LogP contribution in [-0.2, 0) is 22.4 Å². The van der Waals surface area contributed by atoms with Gasteiger partial charge in [0.15, 0.2) is 11.6 Å².